The number of pyridine rings is 1. The van der Waals surface area contributed by atoms with Crippen molar-refractivity contribution in [2.24, 2.45) is 0 Å². The Bertz CT molecular complexity index is 499. The van der Waals surface area contributed by atoms with Crippen molar-refractivity contribution in [1.82, 2.24) is 4.98 Å². The number of aromatic nitrogens is 1. The topological polar surface area (TPSA) is 22.1 Å². The number of halogens is 1. The van der Waals surface area contributed by atoms with E-state index in [1.165, 1.54) is 5.56 Å². The fourth-order valence-corrected chi connectivity index (χ4v) is 2.06. The lowest BCUT2D eigenvalue weighted by molar-refractivity contribution is 0.317. The van der Waals surface area contributed by atoms with Crippen LogP contribution in [0.15, 0.2) is 42.7 Å². The molecule has 94 valence electrons. The van der Waals surface area contributed by atoms with E-state index in [0.717, 1.165) is 23.3 Å². The Balaban J connectivity index is 1.98. The largest absolute Gasteiger partial charge is 0.493 e. The zero-order valence-electron chi connectivity index (χ0n) is 10.4. The van der Waals surface area contributed by atoms with Crippen molar-refractivity contribution in [2.45, 2.75) is 19.2 Å². The lowest BCUT2D eigenvalue weighted by atomic mass is 10.1. The molecule has 0 atom stereocenters. The third-order valence-electron chi connectivity index (χ3n) is 2.82. The number of nitrogens with zero attached hydrogens (tertiary/aromatic N) is 1. The van der Waals surface area contributed by atoms with E-state index >= 15 is 0 Å². The van der Waals surface area contributed by atoms with E-state index in [4.69, 9.17) is 16.3 Å². The van der Waals surface area contributed by atoms with Crippen LogP contribution in [-0.4, -0.2) is 11.6 Å². The van der Waals surface area contributed by atoms with Gasteiger partial charge in [-0.3, -0.25) is 4.98 Å². The number of rotatable bonds is 5. The first-order valence-corrected chi connectivity index (χ1v) is 6.51. The summed E-state index contributed by atoms with van der Waals surface area (Å²) in [4.78, 5) is 3.99. The lowest BCUT2D eigenvalue weighted by Gasteiger charge is -2.12. The molecule has 0 bridgehead atoms. The lowest BCUT2D eigenvalue weighted by Crippen LogP contribution is -2.04. The van der Waals surface area contributed by atoms with Gasteiger partial charge in [0.05, 0.1) is 12.5 Å². The van der Waals surface area contributed by atoms with Crippen LogP contribution in [0.5, 0.6) is 5.75 Å². The van der Waals surface area contributed by atoms with Crippen molar-refractivity contribution < 1.29 is 4.74 Å². The predicted molar refractivity (Wildman–Crippen MR) is 74.2 cm³/mol. The van der Waals surface area contributed by atoms with Gasteiger partial charge >= 0.3 is 0 Å². The van der Waals surface area contributed by atoms with Crippen LogP contribution in [0.25, 0.3) is 0 Å². The molecular formula is C15H16ClNO. The number of para-hydroxylation sites is 1. The highest BCUT2D eigenvalue weighted by Crippen LogP contribution is 2.24. The van der Waals surface area contributed by atoms with Crippen LogP contribution in [-0.2, 0) is 12.3 Å². The van der Waals surface area contributed by atoms with Gasteiger partial charge in [0.2, 0.25) is 0 Å². The molecule has 2 aromatic rings. The van der Waals surface area contributed by atoms with Crippen LogP contribution >= 0.6 is 11.6 Å². The number of hydrogen-bond donors (Lipinski definition) is 0. The monoisotopic (exact) mass is 261 g/mol. The average molecular weight is 262 g/mol. The maximum atomic E-state index is 5.91. The van der Waals surface area contributed by atoms with Gasteiger partial charge in [-0.1, -0.05) is 18.2 Å². The van der Waals surface area contributed by atoms with Gasteiger partial charge in [-0.25, -0.2) is 0 Å². The van der Waals surface area contributed by atoms with Gasteiger partial charge in [-0.2, -0.15) is 0 Å². The highest BCUT2D eigenvalue weighted by Gasteiger charge is 2.05. The van der Waals surface area contributed by atoms with E-state index in [-0.39, 0.29) is 0 Å². The molecular weight excluding hydrogens is 246 g/mol. The zero-order valence-corrected chi connectivity index (χ0v) is 11.2. The van der Waals surface area contributed by atoms with E-state index in [2.05, 4.69) is 4.98 Å². The molecule has 0 radical (unpaired) electrons. The quantitative estimate of drug-likeness (QED) is 0.765. The maximum Gasteiger partial charge on any atom is 0.126 e. The number of benzene rings is 1. The molecule has 3 heteroatoms. The van der Waals surface area contributed by atoms with Gasteiger partial charge in [0.1, 0.15) is 5.75 Å². The maximum absolute atomic E-state index is 5.91. The molecule has 0 saturated carbocycles. The highest BCUT2D eigenvalue weighted by atomic mass is 35.5. The van der Waals surface area contributed by atoms with E-state index < -0.39 is 0 Å². The van der Waals surface area contributed by atoms with Gasteiger partial charge in [0.25, 0.3) is 0 Å². The molecule has 0 N–H and O–H groups in total. The summed E-state index contributed by atoms with van der Waals surface area (Å²) in [6.07, 6.45) is 4.47. The zero-order chi connectivity index (χ0) is 12.8. The minimum atomic E-state index is 0.478. The predicted octanol–water partition coefficient (Wildman–Crippen LogP) is 3.75. The minimum Gasteiger partial charge on any atom is -0.493 e. The van der Waals surface area contributed by atoms with Crippen molar-refractivity contribution >= 4 is 11.6 Å². The first-order chi connectivity index (χ1) is 8.81. The van der Waals surface area contributed by atoms with E-state index in [1.807, 2.05) is 37.3 Å². The SMILES string of the molecule is Cc1cccc(CCl)c1OCCc1ccncc1. The summed E-state index contributed by atoms with van der Waals surface area (Å²) in [6, 6.07) is 10.1. The molecule has 1 aromatic carbocycles. The second-order valence-corrected chi connectivity index (χ2v) is 4.42. The summed E-state index contributed by atoms with van der Waals surface area (Å²) < 4.78 is 5.86. The Kier molecular flexibility index (Phi) is 4.59. The molecule has 2 rings (SSSR count). The van der Waals surface area contributed by atoms with Crippen molar-refractivity contribution in [3.05, 3.63) is 59.4 Å². The highest BCUT2D eigenvalue weighted by molar-refractivity contribution is 6.17. The standard InChI is InChI=1S/C15H16ClNO/c1-12-3-2-4-14(11-16)15(12)18-10-7-13-5-8-17-9-6-13/h2-6,8-9H,7,10-11H2,1H3. The summed E-state index contributed by atoms with van der Waals surface area (Å²) in [5, 5.41) is 0. The Morgan fingerprint density at radius 2 is 1.94 bits per heavy atom. The fourth-order valence-electron chi connectivity index (χ4n) is 1.85. The normalized spacial score (nSPS) is 10.3. The van der Waals surface area contributed by atoms with Crippen molar-refractivity contribution in [3.63, 3.8) is 0 Å². The molecule has 0 spiro atoms. The van der Waals surface area contributed by atoms with E-state index in [0.29, 0.717) is 12.5 Å². The number of hydrogen-bond acceptors (Lipinski definition) is 2. The van der Waals surface area contributed by atoms with Gasteiger partial charge in [-0.05, 0) is 30.2 Å². The summed E-state index contributed by atoms with van der Waals surface area (Å²) in [5.74, 6) is 1.40. The van der Waals surface area contributed by atoms with Gasteiger partial charge in [-0.15, -0.1) is 11.6 Å². The van der Waals surface area contributed by atoms with Gasteiger partial charge in [0, 0.05) is 24.4 Å². The molecule has 0 saturated heterocycles. The Hall–Kier alpha value is -1.54. The molecule has 0 fully saturated rings. The van der Waals surface area contributed by atoms with E-state index in [9.17, 15) is 0 Å². The van der Waals surface area contributed by atoms with Crippen LogP contribution in [0.3, 0.4) is 0 Å². The summed E-state index contributed by atoms with van der Waals surface area (Å²) >= 11 is 5.91. The van der Waals surface area contributed by atoms with Gasteiger partial charge < -0.3 is 4.74 Å². The van der Waals surface area contributed by atoms with Gasteiger partial charge in [0.15, 0.2) is 0 Å². The molecule has 0 aliphatic rings. The molecule has 18 heavy (non-hydrogen) atoms. The van der Waals surface area contributed by atoms with Crippen molar-refractivity contribution in [1.29, 1.82) is 0 Å². The van der Waals surface area contributed by atoms with Crippen LogP contribution < -0.4 is 4.74 Å². The van der Waals surface area contributed by atoms with E-state index in [1.54, 1.807) is 12.4 Å². The summed E-state index contributed by atoms with van der Waals surface area (Å²) in [6.45, 7) is 2.69. The van der Waals surface area contributed by atoms with Crippen molar-refractivity contribution in [2.75, 3.05) is 6.61 Å². The van der Waals surface area contributed by atoms with Crippen LogP contribution in [0.2, 0.25) is 0 Å². The third-order valence-corrected chi connectivity index (χ3v) is 3.11. The summed E-state index contributed by atoms with van der Waals surface area (Å²) in [5.41, 5.74) is 3.40. The number of aryl methyl sites for hydroxylation is 1. The number of alkyl halides is 1. The van der Waals surface area contributed by atoms with Crippen LogP contribution in [0.1, 0.15) is 16.7 Å². The molecule has 0 amide bonds. The van der Waals surface area contributed by atoms with Crippen LogP contribution in [0, 0.1) is 6.92 Å². The number of ether oxygens (including phenoxy) is 1. The fraction of sp³-hybridized carbons (Fsp3) is 0.267. The van der Waals surface area contributed by atoms with Crippen LogP contribution in [0.4, 0.5) is 0 Å². The minimum absolute atomic E-state index is 0.478. The molecule has 0 aliphatic carbocycles. The Labute approximate surface area is 113 Å². The second-order valence-electron chi connectivity index (χ2n) is 4.15. The Morgan fingerprint density at radius 1 is 1.17 bits per heavy atom. The molecule has 0 unspecified atom stereocenters. The second kappa shape index (κ2) is 6.41. The smallest absolute Gasteiger partial charge is 0.126 e. The first kappa shape index (κ1) is 12.9. The molecule has 0 aliphatic heterocycles. The average Bonchev–Trinajstić information content (AvgIpc) is 2.41. The third kappa shape index (κ3) is 3.23. The first-order valence-electron chi connectivity index (χ1n) is 5.97. The Morgan fingerprint density at radius 3 is 2.67 bits per heavy atom. The summed E-state index contributed by atoms with van der Waals surface area (Å²) in [7, 11) is 0. The molecule has 1 heterocycles. The van der Waals surface area contributed by atoms with Crippen molar-refractivity contribution in [3.8, 4) is 5.75 Å². The molecule has 2 nitrogen and oxygen atoms in total. The molecule has 1 aromatic heterocycles.